The number of hydrogen-bond acceptors (Lipinski definition) is 2. The van der Waals surface area contributed by atoms with Gasteiger partial charge in [0.2, 0.25) is 0 Å². The second kappa shape index (κ2) is 7.46. The Balaban J connectivity index is 2.01. The van der Waals surface area contributed by atoms with Crippen LogP contribution >= 0.6 is 15.9 Å². The molecule has 3 heteroatoms. The molecule has 0 saturated heterocycles. The molecule has 0 aliphatic heterocycles. The lowest BCUT2D eigenvalue weighted by molar-refractivity contribution is 0.478. The van der Waals surface area contributed by atoms with Crippen LogP contribution in [0.5, 0.6) is 11.5 Å². The number of ether oxygens (including phenoxy) is 1. The van der Waals surface area contributed by atoms with Gasteiger partial charge < -0.3 is 10.1 Å². The van der Waals surface area contributed by atoms with Gasteiger partial charge in [-0.25, -0.2) is 0 Å². The molecule has 0 bridgehead atoms. The van der Waals surface area contributed by atoms with Gasteiger partial charge in [-0.1, -0.05) is 41.1 Å². The molecule has 1 N–H and O–H groups in total. The lowest BCUT2D eigenvalue weighted by atomic mass is 10.2. The predicted octanol–water partition coefficient (Wildman–Crippen LogP) is 5.05. The van der Waals surface area contributed by atoms with Gasteiger partial charge >= 0.3 is 0 Å². The van der Waals surface area contributed by atoms with E-state index in [-0.39, 0.29) is 0 Å². The summed E-state index contributed by atoms with van der Waals surface area (Å²) in [6, 6.07) is 14.3. The van der Waals surface area contributed by atoms with Crippen LogP contribution in [-0.4, -0.2) is 6.54 Å². The SMILES string of the molecule is CCCNCc1ccc(Oc2cc(Br)ccc2C)cc1. The van der Waals surface area contributed by atoms with E-state index >= 15 is 0 Å². The monoisotopic (exact) mass is 333 g/mol. The summed E-state index contributed by atoms with van der Waals surface area (Å²) in [6.45, 7) is 6.18. The van der Waals surface area contributed by atoms with Crippen LogP contribution in [0.25, 0.3) is 0 Å². The maximum Gasteiger partial charge on any atom is 0.131 e. The highest BCUT2D eigenvalue weighted by atomic mass is 79.9. The summed E-state index contributed by atoms with van der Waals surface area (Å²) in [5.41, 5.74) is 2.40. The fraction of sp³-hybridized carbons (Fsp3) is 0.294. The number of hydrogen-bond donors (Lipinski definition) is 1. The average Bonchev–Trinajstić information content (AvgIpc) is 2.45. The van der Waals surface area contributed by atoms with Crippen molar-refractivity contribution in [2.45, 2.75) is 26.8 Å². The molecule has 0 saturated carbocycles. The molecule has 0 fully saturated rings. The highest BCUT2D eigenvalue weighted by Crippen LogP contribution is 2.28. The Bertz CT molecular complexity index is 551. The first-order valence-electron chi connectivity index (χ1n) is 6.92. The van der Waals surface area contributed by atoms with E-state index < -0.39 is 0 Å². The van der Waals surface area contributed by atoms with E-state index in [9.17, 15) is 0 Å². The fourth-order valence-electron chi connectivity index (χ4n) is 1.90. The van der Waals surface area contributed by atoms with Crippen LogP contribution in [0.3, 0.4) is 0 Å². The Morgan fingerprint density at radius 3 is 2.55 bits per heavy atom. The summed E-state index contributed by atoms with van der Waals surface area (Å²) in [7, 11) is 0. The van der Waals surface area contributed by atoms with Gasteiger partial charge in [0.1, 0.15) is 11.5 Å². The highest BCUT2D eigenvalue weighted by Gasteiger charge is 2.02. The normalized spacial score (nSPS) is 10.6. The average molecular weight is 334 g/mol. The van der Waals surface area contributed by atoms with E-state index in [1.165, 1.54) is 5.56 Å². The molecule has 0 aliphatic carbocycles. The van der Waals surface area contributed by atoms with Crippen LogP contribution in [-0.2, 0) is 6.54 Å². The third-order valence-electron chi connectivity index (χ3n) is 3.06. The van der Waals surface area contributed by atoms with Crippen LogP contribution in [0, 0.1) is 6.92 Å². The number of halogens is 1. The van der Waals surface area contributed by atoms with E-state index in [2.05, 4.69) is 40.3 Å². The van der Waals surface area contributed by atoms with E-state index in [0.29, 0.717) is 0 Å². The summed E-state index contributed by atoms with van der Waals surface area (Å²) in [5.74, 6) is 1.75. The maximum atomic E-state index is 5.92. The summed E-state index contributed by atoms with van der Waals surface area (Å²) >= 11 is 3.47. The minimum atomic E-state index is 0.866. The van der Waals surface area contributed by atoms with Gasteiger partial charge in [-0.2, -0.15) is 0 Å². The lowest BCUT2D eigenvalue weighted by Gasteiger charge is -2.10. The Labute approximate surface area is 129 Å². The van der Waals surface area contributed by atoms with Crippen molar-refractivity contribution < 1.29 is 4.74 Å². The zero-order valence-electron chi connectivity index (χ0n) is 11.9. The zero-order valence-corrected chi connectivity index (χ0v) is 13.5. The summed E-state index contributed by atoms with van der Waals surface area (Å²) in [6.07, 6.45) is 1.16. The molecule has 2 rings (SSSR count). The Morgan fingerprint density at radius 1 is 1.10 bits per heavy atom. The van der Waals surface area contributed by atoms with Crippen LogP contribution in [0.4, 0.5) is 0 Å². The Kier molecular flexibility index (Phi) is 5.62. The van der Waals surface area contributed by atoms with Crippen LogP contribution in [0.2, 0.25) is 0 Å². The third-order valence-corrected chi connectivity index (χ3v) is 3.55. The predicted molar refractivity (Wildman–Crippen MR) is 87.4 cm³/mol. The standard InChI is InChI=1S/C17H20BrNO/c1-3-10-19-12-14-5-8-16(9-6-14)20-17-11-15(18)7-4-13(17)2/h4-9,11,19H,3,10,12H2,1-2H3. The topological polar surface area (TPSA) is 21.3 Å². The molecule has 0 radical (unpaired) electrons. The highest BCUT2D eigenvalue weighted by molar-refractivity contribution is 9.10. The van der Waals surface area contributed by atoms with E-state index in [0.717, 1.165) is 41.0 Å². The van der Waals surface area contributed by atoms with Gasteiger partial charge in [0.15, 0.2) is 0 Å². The molecule has 0 amide bonds. The van der Waals surface area contributed by atoms with Gasteiger partial charge in [-0.05, 0) is 55.3 Å². The Hall–Kier alpha value is -1.32. The summed E-state index contributed by atoms with van der Waals surface area (Å²) in [5, 5.41) is 3.39. The van der Waals surface area contributed by atoms with Gasteiger partial charge in [0.05, 0.1) is 0 Å². The molecule has 0 aromatic heterocycles. The first-order valence-corrected chi connectivity index (χ1v) is 7.72. The van der Waals surface area contributed by atoms with Crippen molar-refractivity contribution in [3.8, 4) is 11.5 Å². The van der Waals surface area contributed by atoms with Crippen molar-refractivity contribution in [1.29, 1.82) is 0 Å². The van der Waals surface area contributed by atoms with Gasteiger partial charge in [-0.15, -0.1) is 0 Å². The van der Waals surface area contributed by atoms with Gasteiger partial charge in [0, 0.05) is 11.0 Å². The number of nitrogens with one attached hydrogen (secondary N) is 1. The first-order chi connectivity index (χ1) is 9.69. The van der Waals surface area contributed by atoms with Crippen LogP contribution < -0.4 is 10.1 Å². The van der Waals surface area contributed by atoms with Crippen LogP contribution in [0.1, 0.15) is 24.5 Å². The molecular formula is C17H20BrNO. The Morgan fingerprint density at radius 2 is 1.85 bits per heavy atom. The van der Waals surface area contributed by atoms with Crippen molar-refractivity contribution in [1.82, 2.24) is 5.32 Å². The quantitative estimate of drug-likeness (QED) is 0.747. The van der Waals surface area contributed by atoms with Crippen molar-refractivity contribution in [2.75, 3.05) is 6.54 Å². The molecule has 2 aromatic carbocycles. The van der Waals surface area contributed by atoms with E-state index in [1.807, 2.05) is 37.3 Å². The van der Waals surface area contributed by atoms with E-state index in [1.54, 1.807) is 0 Å². The molecule has 0 heterocycles. The number of aryl methyl sites for hydroxylation is 1. The molecule has 2 nitrogen and oxygen atoms in total. The summed E-state index contributed by atoms with van der Waals surface area (Å²) < 4.78 is 6.95. The van der Waals surface area contributed by atoms with Gasteiger partial charge in [0.25, 0.3) is 0 Å². The largest absolute Gasteiger partial charge is 0.457 e. The molecule has 0 spiro atoms. The summed E-state index contributed by atoms with van der Waals surface area (Å²) in [4.78, 5) is 0. The van der Waals surface area contributed by atoms with Gasteiger partial charge in [-0.3, -0.25) is 0 Å². The van der Waals surface area contributed by atoms with Crippen molar-refractivity contribution in [3.05, 3.63) is 58.1 Å². The molecule has 2 aromatic rings. The lowest BCUT2D eigenvalue weighted by Crippen LogP contribution is -2.13. The molecule has 20 heavy (non-hydrogen) atoms. The maximum absolute atomic E-state index is 5.92. The third kappa shape index (κ3) is 4.36. The van der Waals surface area contributed by atoms with Crippen molar-refractivity contribution in [3.63, 3.8) is 0 Å². The second-order valence-corrected chi connectivity index (χ2v) is 5.75. The molecule has 0 aliphatic rings. The smallest absolute Gasteiger partial charge is 0.131 e. The molecular weight excluding hydrogens is 314 g/mol. The van der Waals surface area contributed by atoms with E-state index in [4.69, 9.17) is 4.74 Å². The van der Waals surface area contributed by atoms with Crippen molar-refractivity contribution >= 4 is 15.9 Å². The molecule has 0 atom stereocenters. The minimum Gasteiger partial charge on any atom is -0.457 e. The molecule has 106 valence electrons. The van der Waals surface area contributed by atoms with Crippen LogP contribution in [0.15, 0.2) is 46.9 Å². The number of benzene rings is 2. The molecule has 0 unspecified atom stereocenters. The fourth-order valence-corrected chi connectivity index (χ4v) is 2.24. The first kappa shape index (κ1) is 15.1. The second-order valence-electron chi connectivity index (χ2n) is 4.83. The number of rotatable bonds is 6. The van der Waals surface area contributed by atoms with Crippen molar-refractivity contribution in [2.24, 2.45) is 0 Å². The minimum absolute atomic E-state index is 0.866. The zero-order chi connectivity index (χ0) is 14.4.